The predicted molar refractivity (Wildman–Crippen MR) is 111 cm³/mol. The number of rotatable bonds is 4. The van der Waals surface area contributed by atoms with Crippen molar-refractivity contribution in [1.82, 2.24) is 0 Å². The first-order valence-electron chi connectivity index (χ1n) is 7.89. The van der Waals surface area contributed by atoms with Crippen LogP contribution in [0.25, 0.3) is 6.08 Å². The summed E-state index contributed by atoms with van der Waals surface area (Å²) in [7, 11) is 3.90. The van der Waals surface area contributed by atoms with Gasteiger partial charge in [-0.2, -0.15) is 0 Å². The van der Waals surface area contributed by atoms with Gasteiger partial charge in [0.2, 0.25) is 0 Å². The van der Waals surface area contributed by atoms with E-state index in [1.165, 1.54) is 23.1 Å². The van der Waals surface area contributed by atoms with Crippen LogP contribution in [0.15, 0.2) is 47.4 Å². The summed E-state index contributed by atoms with van der Waals surface area (Å²) < 4.78 is 0.318. The van der Waals surface area contributed by atoms with Crippen molar-refractivity contribution in [2.45, 2.75) is 0 Å². The van der Waals surface area contributed by atoms with Crippen LogP contribution in [0.3, 0.4) is 0 Å². The maximum absolute atomic E-state index is 12.8. The minimum absolute atomic E-state index is 0.235. The van der Waals surface area contributed by atoms with E-state index in [0.717, 1.165) is 23.0 Å². The zero-order valence-corrected chi connectivity index (χ0v) is 16.2. The normalized spacial score (nSPS) is 15.5. The van der Waals surface area contributed by atoms with Crippen LogP contribution in [0, 0.1) is 0 Å². The van der Waals surface area contributed by atoms with Gasteiger partial charge in [-0.25, -0.2) is 4.79 Å². The molecule has 2 aromatic rings. The van der Waals surface area contributed by atoms with E-state index < -0.39 is 11.7 Å². The Bertz CT molecular complexity index is 968. The monoisotopic (exact) mass is 400 g/mol. The number of hydrogen-bond donors (Lipinski definition) is 2. The van der Waals surface area contributed by atoms with E-state index in [2.05, 4.69) is 0 Å². The highest BCUT2D eigenvalue weighted by atomic mass is 32.2. The third-order valence-corrected chi connectivity index (χ3v) is 5.27. The van der Waals surface area contributed by atoms with E-state index in [0.29, 0.717) is 14.9 Å². The number of phenols is 1. The number of thiocarbonyl (C=S) groups is 1. The number of carboxylic acid groups (broad SMARTS) is 1. The summed E-state index contributed by atoms with van der Waals surface area (Å²) in [5, 5.41) is 18.9. The molecule has 1 saturated heterocycles. The fourth-order valence-electron chi connectivity index (χ4n) is 2.55. The zero-order valence-electron chi connectivity index (χ0n) is 14.5. The number of carbonyl (C=O) groups excluding carboxylic acids is 1. The Morgan fingerprint density at radius 1 is 1.19 bits per heavy atom. The molecule has 0 bridgehead atoms. The fraction of sp³-hybridized carbons (Fsp3) is 0.105. The van der Waals surface area contributed by atoms with Crippen molar-refractivity contribution < 1.29 is 19.8 Å². The van der Waals surface area contributed by atoms with Crippen molar-refractivity contribution in [3.63, 3.8) is 0 Å². The first-order valence-corrected chi connectivity index (χ1v) is 9.12. The number of benzene rings is 2. The Hall–Kier alpha value is -2.84. The molecule has 1 heterocycles. The molecule has 1 aliphatic rings. The fourth-order valence-corrected chi connectivity index (χ4v) is 3.85. The summed E-state index contributed by atoms with van der Waals surface area (Å²) in [6.07, 6.45) is 1.75. The van der Waals surface area contributed by atoms with Crippen molar-refractivity contribution in [2.75, 3.05) is 23.9 Å². The first kappa shape index (κ1) is 18.9. The second kappa shape index (κ2) is 7.42. The van der Waals surface area contributed by atoms with Crippen molar-refractivity contribution in [3.05, 3.63) is 58.5 Å². The lowest BCUT2D eigenvalue weighted by Crippen LogP contribution is -2.27. The molecule has 2 N–H and O–H groups in total. The second-order valence-electron chi connectivity index (χ2n) is 6.01. The van der Waals surface area contributed by atoms with Crippen molar-refractivity contribution in [1.29, 1.82) is 0 Å². The molecule has 0 atom stereocenters. The smallest absolute Gasteiger partial charge is 0.339 e. The summed E-state index contributed by atoms with van der Waals surface area (Å²) in [5.41, 5.74) is 2.01. The van der Waals surface area contributed by atoms with Crippen LogP contribution < -0.4 is 9.80 Å². The molecule has 0 radical (unpaired) electrons. The zero-order chi connectivity index (χ0) is 19.7. The van der Waals surface area contributed by atoms with Crippen LogP contribution in [0.2, 0.25) is 0 Å². The quantitative estimate of drug-likeness (QED) is 0.600. The van der Waals surface area contributed by atoms with Crippen molar-refractivity contribution >= 4 is 57.6 Å². The number of thioether (sulfide) groups is 1. The van der Waals surface area contributed by atoms with Crippen LogP contribution in [-0.2, 0) is 4.79 Å². The lowest BCUT2D eigenvalue weighted by atomic mass is 10.1. The molecule has 138 valence electrons. The molecule has 1 amide bonds. The topological polar surface area (TPSA) is 81.1 Å². The van der Waals surface area contributed by atoms with E-state index in [1.807, 2.05) is 43.3 Å². The van der Waals surface area contributed by atoms with Crippen molar-refractivity contribution in [2.24, 2.45) is 0 Å². The highest BCUT2D eigenvalue weighted by Gasteiger charge is 2.33. The molecule has 0 unspecified atom stereocenters. The van der Waals surface area contributed by atoms with Gasteiger partial charge in [-0.15, -0.1) is 0 Å². The molecule has 27 heavy (non-hydrogen) atoms. The molecule has 0 aliphatic carbocycles. The molecule has 0 saturated carbocycles. The molecule has 3 rings (SSSR count). The van der Waals surface area contributed by atoms with E-state index >= 15 is 0 Å². The predicted octanol–water partition coefficient (Wildman–Crippen LogP) is 3.56. The average molecular weight is 400 g/mol. The molecule has 0 aromatic heterocycles. The van der Waals surface area contributed by atoms with Crippen molar-refractivity contribution in [3.8, 4) is 5.75 Å². The third-order valence-electron chi connectivity index (χ3n) is 3.97. The van der Waals surface area contributed by atoms with Crippen LogP contribution in [0.5, 0.6) is 5.75 Å². The highest BCUT2D eigenvalue weighted by Crippen LogP contribution is 2.37. The van der Waals surface area contributed by atoms with Crippen LogP contribution in [0.4, 0.5) is 11.4 Å². The molecule has 1 aliphatic heterocycles. The average Bonchev–Trinajstić information content (AvgIpc) is 2.88. The lowest BCUT2D eigenvalue weighted by Gasteiger charge is -2.15. The van der Waals surface area contributed by atoms with Crippen LogP contribution >= 0.6 is 24.0 Å². The summed E-state index contributed by atoms with van der Waals surface area (Å²) in [6, 6.07) is 11.6. The van der Waals surface area contributed by atoms with Gasteiger partial charge in [-0.05, 0) is 35.9 Å². The third kappa shape index (κ3) is 3.81. The number of carbonyl (C=O) groups is 2. The van der Waals surface area contributed by atoms with Gasteiger partial charge in [-0.1, -0.05) is 36.1 Å². The second-order valence-corrected chi connectivity index (χ2v) is 7.69. The van der Waals surface area contributed by atoms with Gasteiger partial charge in [0.15, 0.2) is 4.32 Å². The van der Waals surface area contributed by atoms with Crippen LogP contribution in [-0.4, -0.2) is 40.5 Å². The molecule has 1 fully saturated rings. The molecule has 8 heteroatoms. The van der Waals surface area contributed by atoms with Gasteiger partial charge in [0.05, 0.1) is 10.6 Å². The number of nitrogens with zero attached hydrogens (tertiary/aromatic N) is 2. The van der Waals surface area contributed by atoms with Gasteiger partial charge in [-0.3, -0.25) is 9.69 Å². The minimum Gasteiger partial charge on any atom is -0.507 e. The van der Waals surface area contributed by atoms with E-state index in [4.69, 9.17) is 17.3 Å². The van der Waals surface area contributed by atoms with E-state index in [1.54, 1.807) is 6.08 Å². The summed E-state index contributed by atoms with van der Waals surface area (Å²) in [6.45, 7) is 0. The Balaban J connectivity index is 1.89. The molecule has 0 spiro atoms. The molecule has 2 aromatic carbocycles. The number of aromatic carboxylic acids is 1. The molecule has 6 nitrogen and oxygen atoms in total. The minimum atomic E-state index is -1.24. The van der Waals surface area contributed by atoms with Crippen LogP contribution in [0.1, 0.15) is 15.9 Å². The summed E-state index contributed by atoms with van der Waals surface area (Å²) >= 11 is 6.46. The summed E-state index contributed by atoms with van der Waals surface area (Å²) in [5.74, 6) is -1.98. The Morgan fingerprint density at radius 3 is 2.41 bits per heavy atom. The lowest BCUT2D eigenvalue weighted by molar-refractivity contribution is -0.113. The first-order chi connectivity index (χ1) is 12.8. The highest BCUT2D eigenvalue weighted by molar-refractivity contribution is 8.27. The van der Waals surface area contributed by atoms with E-state index in [-0.39, 0.29) is 11.5 Å². The Kier molecular flexibility index (Phi) is 5.20. The number of amides is 1. The molecular formula is C19H16N2O4S2. The van der Waals surface area contributed by atoms with Gasteiger partial charge in [0.1, 0.15) is 11.3 Å². The van der Waals surface area contributed by atoms with Gasteiger partial charge in [0.25, 0.3) is 5.91 Å². The van der Waals surface area contributed by atoms with E-state index in [9.17, 15) is 14.7 Å². The Labute approximate surface area is 165 Å². The number of hydrogen-bond acceptors (Lipinski definition) is 6. The number of anilines is 2. The summed E-state index contributed by atoms with van der Waals surface area (Å²) in [4.78, 5) is 27.5. The van der Waals surface area contributed by atoms with Gasteiger partial charge >= 0.3 is 5.97 Å². The maximum Gasteiger partial charge on any atom is 0.339 e. The number of aromatic hydroxyl groups is 1. The number of carboxylic acids is 1. The maximum atomic E-state index is 12.8. The molecular weight excluding hydrogens is 384 g/mol. The largest absolute Gasteiger partial charge is 0.507 e. The van der Waals surface area contributed by atoms with Gasteiger partial charge < -0.3 is 15.1 Å². The van der Waals surface area contributed by atoms with Gasteiger partial charge in [0, 0.05) is 25.8 Å². The standard InChI is InChI=1S/C19H16N2O4S2/c1-20(2)12-5-3-11(4-6-12)9-16-17(23)21(19(26)27-16)13-7-8-14(18(24)25)15(22)10-13/h3-10,22H,1-2H3,(H,24,25). The SMILES string of the molecule is CN(C)c1ccc(C=C2SC(=S)N(c3ccc(C(=O)O)c(O)c3)C2=O)cc1. The Morgan fingerprint density at radius 2 is 1.85 bits per heavy atom.